The number of fused-ring (bicyclic) bond motifs is 5. The number of aliphatic imine (C=N–C) groups is 1. The van der Waals surface area contributed by atoms with Crippen LogP contribution in [0.1, 0.15) is 60.1 Å². The summed E-state index contributed by atoms with van der Waals surface area (Å²) in [6, 6.07) is 25.7. The second-order valence-electron chi connectivity index (χ2n) is 13.6. The van der Waals surface area contributed by atoms with E-state index in [-0.39, 0.29) is 11.5 Å². The Morgan fingerprint density at radius 3 is 2.38 bits per heavy atom. The van der Waals surface area contributed by atoms with Crippen molar-refractivity contribution in [2.75, 3.05) is 0 Å². The molecule has 0 spiro atoms. The van der Waals surface area contributed by atoms with Crippen LogP contribution in [-0.2, 0) is 16.6 Å². The molecule has 6 aromatic rings. The van der Waals surface area contributed by atoms with Crippen LogP contribution in [0.2, 0.25) is 0 Å². The van der Waals surface area contributed by atoms with Gasteiger partial charge in [0.25, 0.3) is 0 Å². The summed E-state index contributed by atoms with van der Waals surface area (Å²) in [5, 5.41) is 2.37. The van der Waals surface area contributed by atoms with Gasteiger partial charge in [0.2, 0.25) is 5.90 Å². The molecule has 0 radical (unpaired) electrons. The highest BCUT2D eigenvalue weighted by Gasteiger charge is 2.57. The zero-order chi connectivity index (χ0) is 31.2. The van der Waals surface area contributed by atoms with Crippen LogP contribution >= 0.6 is 0 Å². The number of pyridine rings is 3. The van der Waals surface area contributed by atoms with Gasteiger partial charge in [-0.15, -0.1) is 0 Å². The van der Waals surface area contributed by atoms with Crippen molar-refractivity contribution in [1.82, 2.24) is 19.5 Å². The van der Waals surface area contributed by atoms with E-state index in [2.05, 4.69) is 118 Å². The van der Waals surface area contributed by atoms with E-state index in [0.717, 1.165) is 57.2 Å². The number of ether oxygens (including phenoxy) is 1. The number of nitrogens with zero attached hydrogens (tertiary/aromatic N) is 5. The van der Waals surface area contributed by atoms with E-state index in [0.29, 0.717) is 5.90 Å². The first-order valence-electron chi connectivity index (χ1n) is 15.7. The molecule has 0 amide bonds. The summed E-state index contributed by atoms with van der Waals surface area (Å²) in [6.07, 6.45) is 2.51. The molecule has 2 atom stereocenters. The predicted octanol–water partition coefficient (Wildman–Crippen LogP) is 8.31. The lowest BCUT2D eigenvalue weighted by atomic mass is 9.60. The second kappa shape index (κ2) is 9.58. The number of benzene rings is 2. The predicted molar refractivity (Wildman–Crippen MR) is 182 cm³/mol. The molecule has 0 saturated heterocycles. The highest BCUT2D eigenvalue weighted by molar-refractivity contribution is 6.10. The second-order valence-corrected chi connectivity index (χ2v) is 13.6. The zero-order valence-electron chi connectivity index (χ0n) is 26.9. The summed E-state index contributed by atoms with van der Waals surface area (Å²) in [6.45, 7) is 15.2. The maximum absolute atomic E-state index is 6.78. The van der Waals surface area contributed by atoms with Crippen LogP contribution in [0.4, 0.5) is 0 Å². The molecule has 1 aliphatic heterocycles. The topological polar surface area (TPSA) is 65.2 Å². The van der Waals surface area contributed by atoms with Gasteiger partial charge < -0.3 is 4.74 Å². The maximum atomic E-state index is 6.78. The minimum atomic E-state index is -0.434. The lowest BCUT2D eigenvalue weighted by Crippen LogP contribution is -2.55. The number of aryl methyl sites for hydroxylation is 4. The first-order chi connectivity index (χ1) is 21.5. The van der Waals surface area contributed by atoms with Crippen LogP contribution in [0.15, 0.2) is 84.0 Å². The van der Waals surface area contributed by atoms with E-state index < -0.39 is 5.54 Å². The SMILES string of the molecule is Cc1ccnc(-c2ccc3c4ccccc4n(-c4cc(C5=N[C@]6(C)[C@H](Cc7nc(C)cc(C)c7C6(C)C)O5)cc(C)n4)c3c2)c1. The fourth-order valence-corrected chi connectivity index (χ4v) is 7.78. The van der Waals surface area contributed by atoms with Gasteiger partial charge in [-0.25, -0.2) is 9.98 Å². The lowest BCUT2D eigenvalue weighted by molar-refractivity contribution is 0.0841. The molecule has 8 rings (SSSR count). The molecule has 5 heterocycles. The molecule has 1 aliphatic carbocycles. The third kappa shape index (κ3) is 4.08. The summed E-state index contributed by atoms with van der Waals surface area (Å²) in [5.41, 5.74) is 11.3. The number of hydrogen-bond donors (Lipinski definition) is 0. The summed E-state index contributed by atoms with van der Waals surface area (Å²) < 4.78 is 9.05. The average Bonchev–Trinajstić information content (AvgIpc) is 3.52. The van der Waals surface area contributed by atoms with Crippen molar-refractivity contribution in [3.63, 3.8) is 0 Å². The Labute approximate surface area is 263 Å². The average molecular weight is 592 g/mol. The molecule has 2 aromatic carbocycles. The Morgan fingerprint density at radius 1 is 0.778 bits per heavy atom. The number of para-hydroxylation sites is 1. The number of aromatic nitrogens is 4. The van der Waals surface area contributed by atoms with Gasteiger partial charge >= 0.3 is 0 Å². The molecule has 0 N–H and O–H groups in total. The third-order valence-corrected chi connectivity index (χ3v) is 10.2. The van der Waals surface area contributed by atoms with Crippen LogP contribution in [0.25, 0.3) is 38.9 Å². The van der Waals surface area contributed by atoms with Gasteiger partial charge in [-0.1, -0.05) is 44.2 Å². The van der Waals surface area contributed by atoms with Crippen molar-refractivity contribution in [3.8, 4) is 17.1 Å². The van der Waals surface area contributed by atoms with E-state index in [1.54, 1.807) is 0 Å². The maximum Gasteiger partial charge on any atom is 0.217 e. The van der Waals surface area contributed by atoms with Gasteiger partial charge in [0, 0.05) is 57.0 Å². The van der Waals surface area contributed by atoms with Crippen LogP contribution < -0.4 is 0 Å². The molecular weight excluding hydrogens is 554 g/mol. The van der Waals surface area contributed by atoms with E-state index >= 15 is 0 Å². The van der Waals surface area contributed by atoms with E-state index in [9.17, 15) is 0 Å². The molecule has 4 aromatic heterocycles. The standard InChI is InChI=1S/C39H37N5O/c1-22-14-15-40-30(16-22)26-12-13-29-28-10-8-9-11-32(28)44(33(29)19-26)35-20-27(18-25(4)42-35)37-43-39(7)34(45-37)21-31-36(38(39,5)6)23(2)17-24(3)41-31/h8-20,34H,21H2,1-7H3/t34-,39+/m0/s1. The Morgan fingerprint density at radius 2 is 1.56 bits per heavy atom. The van der Waals surface area contributed by atoms with Gasteiger partial charge in [-0.05, 0) is 93.8 Å². The molecule has 224 valence electrons. The van der Waals surface area contributed by atoms with Crippen molar-refractivity contribution < 1.29 is 4.74 Å². The number of rotatable bonds is 3. The van der Waals surface area contributed by atoms with Crippen molar-refractivity contribution >= 4 is 27.7 Å². The Balaban J connectivity index is 1.28. The van der Waals surface area contributed by atoms with E-state index in [1.807, 2.05) is 19.2 Å². The summed E-state index contributed by atoms with van der Waals surface area (Å²) in [4.78, 5) is 20.1. The molecule has 45 heavy (non-hydrogen) atoms. The van der Waals surface area contributed by atoms with Gasteiger partial charge in [0.05, 0.1) is 16.7 Å². The van der Waals surface area contributed by atoms with Gasteiger partial charge in [0.15, 0.2) is 0 Å². The molecule has 0 fully saturated rings. The van der Waals surface area contributed by atoms with Crippen molar-refractivity contribution in [2.45, 2.75) is 71.9 Å². The minimum Gasteiger partial charge on any atom is -0.471 e. The van der Waals surface area contributed by atoms with E-state index in [1.165, 1.54) is 27.5 Å². The molecule has 0 unspecified atom stereocenters. The van der Waals surface area contributed by atoms with Crippen molar-refractivity contribution in [1.29, 1.82) is 0 Å². The smallest absolute Gasteiger partial charge is 0.217 e. The molecule has 6 heteroatoms. The van der Waals surface area contributed by atoms with Crippen molar-refractivity contribution in [2.24, 2.45) is 4.99 Å². The molecule has 6 nitrogen and oxygen atoms in total. The molecule has 2 aliphatic rings. The quantitative estimate of drug-likeness (QED) is 0.208. The zero-order valence-corrected chi connectivity index (χ0v) is 26.9. The Bertz CT molecular complexity index is 2230. The summed E-state index contributed by atoms with van der Waals surface area (Å²) >= 11 is 0. The monoisotopic (exact) mass is 591 g/mol. The summed E-state index contributed by atoms with van der Waals surface area (Å²) in [5.74, 6) is 1.52. The highest BCUT2D eigenvalue weighted by atomic mass is 16.5. The largest absolute Gasteiger partial charge is 0.471 e. The summed E-state index contributed by atoms with van der Waals surface area (Å²) in [7, 11) is 0. The van der Waals surface area contributed by atoms with Gasteiger partial charge in [0.1, 0.15) is 17.5 Å². The Kier molecular flexibility index (Phi) is 5.89. The normalized spacial score (nSPS) is 20.2. The van der Waals surface area contributed by atoms with Gasteiger partial charge in [-0.3, -0.25) is 14.5 Å². The Hall–Kier alpha value is -4.84. The van der Waals surface area contributed by atoms with Crippen LogP contribution in [-0.4, -0.2) is 37.1 Å². The molecule has 0 bridgehead atoms. The van der Waals surface area contributed by atoms with Crippen LogP contribution in [0.3, 0.4) is 0 Å². The molecule has 0 saturated carbocycles. The first kappa shape index (κ1) is 27.7. The fraction of sp³-hybridized carbons (Fsp3) is 0.282. The lowest BCUT2D eigenvalue weighted by Gasteiger charge is -2.47. The van der Waals surface area contributed by atoms with Crippen LogP contribution in [0, 0.1) is 27.7 Å². The first-order valence-corrected chi connectivity index (χ1v) is 15.7. The fourth-order valence-electron chi connectivity index (χ4n) is 7.78. The number of hydrogen-bond acceptors (Lipinski definition) is 5. The highest BCUT2D eigenvalue weighted by Crippen LogP contribution is 2.51. The molecular formula is C39H37N5O. The van der Waals surface area contributed by atoms with Crippen molar-refractivity contribution in [3.05, 3.63) is 118 Å². The minimum absolute atomic E-state index is 0.0988. The third-order valence-electron chi connectivity index (χ3n) is 10.2. The van der Waals surface area contributed by atoms with E-state index in [4.69, 9.17) is 19.7 Å². The van der Waals surface area contributed by atoms with Gasteiger partial charge in [-0.2, -0.15) is 0 Å². The van der Waals surface area contributed by atoms with Crippen LogP contribution in [0.5, 0.6) is 0 Å².